The van der Waals surface area contributed by atoms with Gasteiger partial charge in [-0.25, -0.2) is 0 Å². The van der Waals surface area contributed by atoms with Crippen LogP contribution >= 0.6 is 15.9 Å². The van der Waals surface area contributed by atoms with Crippen molar-refractivity contribution >= 4 is 27.8 Å². The third-order valence-corrected chi connectivity index (χ3v) is 4.16. The van der Waals surface area contributed by atoms with Crippen LogP contribution in [-0.2, 0) is 0 Å². The molecule has 1 aromatic rings. The van der Waals surface area contributed by atoms with Crippen LogP contribution in [0, 0.1) is 0 Å². The van der Waals surface area contributed by atoms with Gasteiger partial charge in [-0.15, -0.1) is 0 Å². The van der Waals surface area contributed by atoms with Crippen molar-refractivity contribution in [2.24, 2.45) is 4.99 Å². The van der Waals surface area contributed by atoms with E-state index < -0.39 is 0 Å². The zero-order chi connectivity index (χ0) is 17.2. The molecule has 0 heterocycles. The summed E-state index contributed by atoms with van der Waals surface area (Å²) < 4.78 is 0.905. The van der Waals surface area contributed by atoms with Crippen LogP contribution in [0.15, 0.2) is 45.9 Å². The average Bonchev–Trinajstić information content (AvgIpc) is 3.07. The highest BCUT2D eigenvalue weighted by molar-refractivity contribution is 9.10. The Bertz CT molecular complexity index is 592. The van der Waals surface area contributed by atoms with Crippen molar-refractivity contribution in [2.45, 2.75) is 32.2 Å². The highest BCUT2D eigenvalue weighted by Gasteiger charge is 2.11. The highest BCUT2D eigenvalue weighted by atomic mass is 79.9. The number of benzene rings is 1. The number of nitrogens with zero attached hydrogens (tertiary/aromatic N) is 1. The van der Waals surface area contributed by atoms with Crippen molar-refractivity contribution in [3.63, 3.8) is 0 Å². The van der Waals surface area contributed by atoms with E-state index in [1.54, 1.807) is 6.07 Å². The van der Waals surface area contributed by atoms with Crippen LogP contribution in [0.25, 0.3) is 0 Å². The molecule has 3 N–H and O–H groups in total. The number of hydrogen-bond acceptors (Lipinski definition) is 2. The standard InChI is InChI=1S/C18H25BrN4O/c1-2-20-18(23-16-9-3-4-10-16)22-12-6-11-21-17(24)14-7-5-8-15(19)13-14/h3-5,7-8,13,16H,2,6,9-12H2,1H3,(H,21,24)(H2,20,22,23). The summed E-state index contributed by atoms with van der Waals surface area (Å²) in [5.41, 5.74) is 0.664. The molecule has 0 aliphatic heterocycles. The van der Waals surface area contributed by atoms with Gasteiger partial charge in [0.2, 0.25) is 0 Å². The summed E-state index contributed by atoms with van der Waals surface area (Å²) in [6, 6.07) is 7.83. The van der Waals surface area contributed by atoms with Crippen LogP contribution in [-0.4, -0.2) is 37.5 Å². The molecule has 0 saturated carbocycles. The molecule has 0 aromatic heterocycles. The first-order valence-electron chi connectivity index (χ1n) is 8.42. The Kier molecular flexibility index (Phi) is 7.82. The normalized spacial score (nSPS) is 14.7. The second kappa shape index (κ2) is 10.1. The third-order valence-electron chi connectivity index (χ3n) is 3.67. The van der Waals surface area contributed by atoms with E-state index in [2.05, 4.69) is 55.9 Å². The Morgan fingerprint density at radius 2 is 2.08 bits per heavy atom. The lowest BCUT2D eigenvalue weighted by Gasteiger charge is -2.16. The summed E-state index contributed by atoms with van der Waals surface area (Å²) in [4.78, 5) is 16.6. The number of hydrogen-bond donors (Lipinski definition) is 3. The number of aliphatic imine (C=N–C) groups is 1. The molecule has 0 atom stereocenters. The number of guanidine groups is 1. The van der Waals surface area contributed by atoms with Gasteiger partial charge < -0.3 is 16.0 Å². The van der Waals surface area contributed by atoms with Gasteiger partial charge in [-0.2, -0.15) is 0 Å². The second-order valence-corrected chi connectivity index (χ2v) is 6.58. The first-order chi connectivity index (χ1) is 11.7. The topological polar surface area (TPSA) is 65.5 Å². The van der Waals surface area contributed by atoms with E-state index in [0.29, 0.717) is 24.7 Å². The van der Waals surface area contributed by atoms with E-state index in [4.69, 9.17) is 0 Å². The Morgan fingerprint density at radius 1 is 1.29 bits per heavy atom. The highest BCUT2D eigenvalue weighted by Crippen LogP contribution is 2.11. The summed E-state index contributed by atoms with van der Waals surface area (Å²) >= 11 is 3.37. The molecule has 1 aliphatic rings. The number of nitrogens with one attached hydrogen (secondary N) is 3. The summed E-state index contributed by atoms with van der Waals surface area (Å²) in [6.45, 7) is 4.18. The van der Waals surface area contributed by atoms with Gasteiger partial charge in [0.05, 0.1) is 0 Å². The fourth-order valence-electron chi connectivity index (χ4n) is 2.45. The SMILES string of the molecule is CCNC(=NCCCNC(=O)c1cccc(Br)c1)NC1CC=CC1. The van der Waals surface area contributed by atoms with Crippen molar-refractivity contribution in [1.29, 1.82) is 0 Å². The molecule has 0 unspecified atom stereocenters. The molecule has 24 heavy (non-hydrogen) atoms. The number of rotatable bonds is 7. The third kappa shape index (κ3) is 6.35. The molecule has 130 valence electrons. The van der Waals surface area contributed by atoms with Crippen LogP contribution in [0.5, 0.6) is 0 Å². The lowest BCUT2D eigenvalue weighted by molar-refractivity contribution is 0.0953. The van der Waals surface area contributed by atoms with Crippen LogP contribution in [0.1, 0.15) is 36.5 Å². The van der Waals surface area contributed by atoms with E-state index in [0.717, 1.165) is 36.2 Å². The maximum absolute atomic E-state index is 12.0. The minimum atomic E-state index is -0.0534. The van der Waals surface area contributed by atoms with Crippen molar-refractivity contribution in [2.75, 3.05) is 19.6 Å². The first-order valence-corrected chi connectivity index (χ1v) is 9.22. The Balaban J connectivity index is 1.70. The molecule has 0 radical (unpaired) electrons. The van der Waals surface area contributed by atoms with E-state index in [9.17, 15) is 4.79 Å². The Labute approximate surface area is 152 Å². The number of amides is 1. The van der Waals surface area contributed by atoms with Gasteiger partial charge in [-0.1, -0.05) is 34.1 Å². The van der Waals surface area contributed by atoms with Gasteiger partial charge in [0.15, 0.2) is 5.96 Å². The first kappa shape index (κ1) is 18.5. The van der Waals surface area contributed by atoms with E-state index in [-0.39, 0.29) is 5.91 Å². The lowest BCUT2D eigenvalue weighted by atomic mass is 10.2. The number of carbonyl (C=O) groups excluding carboxylic acids is 1. The molecule has 5 nitrogen and oxygen atoms in total. The van der Waals surface area contributed by atoms with Crippen LogP contribution in [0.3, 0.4) is 0 Å². The molecule has 0 saturated heterocycles. The fraction of sp³-hybridized carbons (Fsp3) is 0.444. The Morgan fingerprint density at radius 3 is 2.79 bits per heavy atom. The van der Waals surface area contributed by atoms with Crippen LogP contribution in [0.2, 0.25) is 0 Å². The smallest absolute Gasteiger partial charge is 0.251 e. The van der Waals surface area contributed by atoms with Gasteiger partial charge in [-0.3, -0.25) is 9.79 Å². The second-order valence-electron chi connectivity index (χ2n) is 5.66. The van der Waals surface area contributed by atoms with Crippen molar-refractivity contribution < 1.29 is 4.79 Å². The molecule has 2 rings (SSSR count). The van der Waals surface area contributed by atoms with Gasteiger partial charge >= 0.3 is 0 Å². The van der Waals surface area contributed by atoms with E-state index >= 15 is 0 Å². The van der Waals surface area contributed by atoms with Gasteiger partial charge in [-0.05, 0) is 44.4 Å². The molecule has 0 spiro atoms. The van der Waals surface area contributed by atoms with Crippen molar-refractivity contribution in [1.82, 2.24) is 16.0 Å². The quantitative estimate of drug-likeness (QED) is 0.289. The molecule has 0 bridgehead atoms. The van der Waals surface area contributed by atoms with Crippen molar-refractivity contribution in [3.05, 3.63) is 46.5 Å². The summed E-state index contributed by atoms with van der Waals surface area (Å²) in [5.74, 6) is 0.798. The molecular formula is C18H25BrN4O. The molecule has 6 heteroatoms. The summed E-state index contributed by atoms with van der Waals surface area (Å²) in [5, 5.41) is 9.62. The molecule has 1 aromatic carbocycles. The van der Waals surface area contributed by atoms with Gasteiger partial charge in [0.1, 0.15) is 0 Å². The number of carbonyl (C=O) groups is 1. The average molecular weight is 393 g/mol. The molecular weight excluding hydrogens is 368 g/mol. The summed E-state index contributed by atoms with van der Waals surface area (Å²) in [7, 11) is 0. The van der Waals surface area contributed by atoms with E-state index in [1.165, 1.54) is 0 Å². The van der Waals surface area contributed by atoms with Gasteiger partial charge in [0, 0.05) is 35.7 Å². The predicted molar refractivity (Wildman–Crippen MR) is 102 cm³/mol. The fourth-order valence-corrected chi connectivity index (χ4v) is 2.85. The lowest BCUT2D eigenvalue weighted by Crippen LogP contribution is -2.42. The van der Waals surface area contributed by atoms with E-state index in [1.807, 2.05) is 18.2 Å². The molecule has 1 aliphatic carbocycles. The van der Waals surface area contributed by atoms with Crippen LogP contribution < -0.4 is 16.0 Å². The predicted octanol–water partition coefficient (Wildman–Crippen LogP) is 2.84. The largest absolute Gasteiger partial charge is 0.357 e. The number of halogens is 1. The monoisotopic (exact) mass is 392 g/mol. The van der Waals surface area contributed by atoms with Crippen molar-refractivity contribution in [3.8, 4) is 0 Å². The minimum Gasteiger partial charge on any atom is -0.357 e. The molecule has 1 amide bonds. The van der Waals surface area contributed by atoms with Gasteiger partial charge in [0.25, 0.3) is 5.91 Å². The summed E-state index contributed by atoms with van der Waals surface area (Å²) in [6.07, 6.45) is 7.29. The molecule has 0 fully saturated rings. The van der Waals surface area contributed by atoms with Crippen LogP contribution in [0.4, 0.5) is 0 Å². The zero-order valence-electron chi connectivity index (χ0n) is 14.0. The zero-order valence-corrected chi connectivity index (χ0v) is 15.6. The Hall–Kier alpha value is -1.82. The minimum absolute atomic E-state index is 0.0534. The maximum Gasteiger partial charge on any atom is 0.251 e. The maximum atomic E-state index is 12.0.